The van der Waals surface area contributed by atoms with Crippen molar-refractivity contribution in [3.63, 3.8) is 0 Å². The molecule has 0 radical (unpaired) electrons. The lowest BCUT2D eigenvalue weighted by Crippen LogP contribution is -2.45. The summed E-state index contributed by atoms with van der Waals surface area (Å²) in [6.45, 7) is 7.47. The average Bonchev–Trinajstić information content (AvgIpc) is 2.52. The van der Waals surface area contributed by atoms with Crippen LogP contribution in [0.4, 0.5) is 0 Å². The monoisotopic (exact) mass is 330 g/mol. The van der Waals surface area contributed by atoms with Crippen LogP contribution < -0.4 is 0 Å². The fourth-order valence-electron chi connectivity index (χ4n) is 2.41. The highest BCUT2D eigenvalue weighted by Gasteiger charge is 2.43. The number of esters is 2. The fraction of sp³-hybridized carbons (Fsp3) is 0.667. The van der Waals surface area contributed by atoms with Gasteiger partial charge in [0.2, 0.25) is 10.5 Å². The lowest BCUT2D eigenvalue weighted by atomic mass is 9.81. The van der Waals surface area contributed by atoms with E-state index in [4.69, 9.17) is 13.9 Å². The van der Waals surface area contributed by atoms with Gasteiger partial charge >= 0.3 is 11.9 Å². The molecule has 0 bridgehead atoms. The number of hydrogen-bond acceptors (Lipinski definition) is 6. The highest BCUT2D eigenvalue weighted by molar-refractivity contribution is 6.06. The fourth-order valence-corrected chi connectivity index (χ4v) is 2.70. The zero-order valence-corrected chi connectivity index (χ0v) is 16.0. The van der Waals surface area contributed by atoms with Crippen molar-refractivity contribution in [3.8, 4) is 0 Å². The molecule has 0 amide bonds. The SMILES string of the molecule is CCOC(=O)/C=C\C(=O)OC(CC)(CC)C(CC)C(=O)O[SiH3]. The third kappa shape index (κ3) is 5.63. The molecule has 0 N–H and O–H groups in total. The van der Waals surface area contributed by atoms with Gasteiger partial charge in [-0.15, -0.1) is 0 Å². The van der Waals surface area contributed by atoms with Crippen LogP contribution in [0.3, 0.4) is 0 Å². The first-order chi connectivity index (χ1) is 10.4. The molecule has 0 saturated heterocycles. The van der Waals surface area contributed by atoms with Gasteiger partial charge in [-0.2, -0.15) is 0 Å². The van der Waals surface area contributed by atoms with Gasteiger partial charge < -0.3 is 13.9 Å². The van der Waals surface area contributed by atoms with Crippen molar-refractivity contribution in [1.82, 2.24) is 0 Å². The summed E-state index contributed by atoms with van der Waals surface area (Å²) < 4.78 is 15.2. The van der Waals surface area contributed by atoms with Crippen LogP contribution in [0.1, 0.15) is 47.0 Å². The molecule has 6 nitrogen and oxygen atoms in total. The molecule has 0 aliphatic rings. The Hall–Kier alpha value is -1.63. The molecule has 0 aromatic rings. The second-order valence-electron chi connectivity index (χ2n) is 4.76. The second kappa shape index (κ2) is 10.2. The highest BCUT2D eigenvalue weighted by atomic mass is 28.2. The Morgan fingerprint density at radius 3 is 2.00 bits per heavy atom. The van der Waals surface area contributed by atoms with Gasteiger partial charge in [-0.1, -0.05) is 20.8 Å². The minimum atomic E-state index is -0.924. The maximum atomic E-state index is 12.0. The molecular formula is C15H26O6Si. The Balaban J connectivity index is 5.13. The summed E-state index contributed by atoms with van der Waals surface area (Å²) in [5.74, 6) is -2.14. The third-order valence-corrected chi connectivity index (χ3v) is 4.07. The lowest BCUT2D eigenvalue weighted by molar-refractivity contribution is -0.170. The molecule has 0 saturated carbocycles. The van der Waals surface area contributed by atoms with E-state index in [2.05, 4.69) is 0 Å². The van der Waals surface area contributed by atoms with E-state index in [0.29, 0.717) is 29.7 Å². The molecule has 0 fully saturated rings. The Labute approximate surface area is 134 Å². The zero-order valence-electron chi connectivity index (χ0n) is 14.0. The summed E-state index contributed by atoms with van der Waals surface area (Å²) in [6, 6.07) is 0. The van der Waals surface area contributed by atoms with Gasteiger partial charge in [0.15, 0.2) is 0 Å². The first kappa shape index (κ1) is 20.4. The summed E-state index contributed by atoms with van der Waals surface area (Å²) in [7, 11) is 0.297. The van der Waals surface area contributed by atoms with E-state index in [1.54, 1.807) is 6.92 Å². The van der Waals surface area contributed by atoms with Crippen molar-refractivity contribution < 1.29 is 28.3 Å². The summed E-state index contributed by atoms with van der Waals surface area (Å²) >= 11 is 0. The minimum Gasteiger partial charge on any atom is -0.528 e. The first-order valence-corrected chi connectivity index (χ1v) is 8.37. The molecule has 0 spiro atoms. The van der Waals surface area contributed by atoms with Crippen molar-refractivity contribution in [2.24, 2.45) is 5.92 Å². The van der Waals surface area contributed by atoms with Gasteiger partial charge in [0.25, 0.3) is 5.97 Å². The van der Waals surface area contributed by atoms with Crippen molar-refractivity contribution in [2.45, 2.75) is 52.6 Å². The van der Waals surface area contributed by atoms with Gasteiger partial charge in [-0.05, 0) is 26.2 Å². The van der Waals surface area contributed by atoms with E-state index in [1.807, 2.05) is 20.8 Å². The Morgan fingerprint density at radius 1 is 1.05 bits per heavy atom. The summed E-state index contributed by atoms with van der Waals surface area (Å²) in [4.78, 5) is 35.1. The second-order valence-corrected chi connectivity index (χ2v) is 5.17. The predicted molar refractivity (Wildman–Crippen MR) is 85.0 cm³/mol. The molecule has 7 heteroatoms. The van der Waals surface area contributed by atoms with E-state index in [0.717, 1.165) is 12.2 Å². The van der Waals surface area contributed by atoms with Crippen molar-refractivity contribution in [3.05, 3.63) is 12.2 Å². The number of rotatable bonds is 9. The molecule has 1 unspecified atom stereocenters. The largest absolute Gasteiger partial charge is 0.528 e. The van der Waals surface area contributed by atoms with Crippen LogP contribution in [-0.4, -0.2) is 40.6 Å². The number of carbonyl (C=O) groups excluding carboxylic acids is 3. The molecule has 0 aromatic heterocycles. The van der Waals surface area contributed by atoms with Gasteiger partial charge in [0.05, 0.1) is 12.5 Å². The summed E-state index contributed by atoms with van der Waals surface area (Å²) in [5, 5.41) is 0. The molecule has 126 valence electrons. The smallest absolute Gasteiger partial charge is 0.331 e. The van der Waals surface area contributed by atoms with Gasteiger partial charge in [0, 0.05) is 12.2 Å². The molecule has 0 heterocycles. The Bertz CT molecular complexity index is 414. The van der Waals surface area contributed by atoms with Gasteiger partial charge in [0.1, 0.15) is 5.60 Å². The van der Waals surface area contributed by atoms with Crippen molar-refractivity contribution >= 4 is 28.4 Å². The van der Waals surface area contributed by atoms with Gasteiger partial charge in [-0.25, -0.2) is 9.59 Å². The average molecular weight is 330 g/mol. The van der Waals surface area contributed by atoms with Crippen LogP contribution >= 0.6 is 0 Å². The number of hydrogen-bond donors (Lipinski definition) is 0. The molecule has 22 heavy (non-hydrogen) atoms. The summed E-state index contributed by atoms with van der Waals surface area (Å²) in [5.41, 5.74) is -0.924. The maximum Gasteiger partial charge on any atom is 0.331 e. The normalized spacial score (nSPS) is 12.9. The van der Waals surface area contributed by atoms with Crippen LogP contribution in [0.25, 0.3) is 0 Å². The number of ether oxygens (including phenoxy) is 2. The molecule has 0 aromatic carbocycles. The van der Waals surface area contributed by atoms with E-state index < -0.39 is 23.5 Å². The van der Waals surface area contributed by atoms with Crippen LogP contribution in [0.5, 0.6) is 0 Å². The van der Waals surface area contributed by atoms with Gasteiger partial charge in [-0.3, -0.25) is 4.79 Å². The quantitative estimate of drug-likeness (QED) is 0.357. The predicted octanol–water partition coefficient (Wildman–Crippen LogP) is 1.06. The van der Waals surface area contributed by atoms with E-state index in [9.17, 15) is 14.4 Å². The third-order valence-electron chi connectivity index (χ3n) is 3.67. The molecule has 0 aliphatic heterocycles. The van der Waals surface area contributed by atoms with E-state index in [-0.39, 0.29) is 12.6 Å². The van der Waals surface area contributed by atoms with Crippen molar-refractivity contribution in [1.29, 1.82) is 0 Å². The standard InChI is InChI=1S/C15H26O6Si/c1-5-11(14(18)21-22)15(6-2,7-3)20-13(17)10-9-12(16)19-8-4/h9-11H,5-8H2,1-4,22H3/b10-9-. The number of carbonyl (C=O) groups is 3. The molecule has 1 atom stereocenters. The Morgan fingerprint density at radius 2 is 1.59 bits per heavy atom. The Kier molecular flexibility index (Phi) is 9.40. The molecule has 0 rings (SSSR count). The van der Waals surface area contributed by atoms with Crippen LogP contribution in [0.15, 0.2) is 12.2 Å². The first-order valence-electron chi connectivity index (χ1n) is 7.56. The molecule has 0 aliphatic carbocycles. The topological polar surface area (TPSA) is 78.9 Å². The van der Waals surface area contributed by atoms with E-state index >= 15 is 0 Å². The van der Waals surface area contributed by atoms with Crippen LogP contribution in [0.2, 0.25) is 0 Å². The summed E-state index contributed by atoms with van der Waals surface area (Å²) in [6.07, 6.45) is 3.53. The zero-order chi connectivity index (χ0) is 17.2. The van der Waals surface area contributed by atoms with Crippen LogP contribution in [-0.2, 0) is 28.3 Å². The van der Waals surface area contributed by atoms with Crippen LogP contribution in [0, 0.1) is 5.92 Å². The van der Waals surface area contributed by atoms with E-state index in [1.165, 1.54) is 0 Å². The van der Waals surface area contributed by atoms with Crippen molar-refractivity contribution in [2.75, 3.05) is 6.61 Å². The maximum absolute atomic E-state index is 12.0. The lowest BCUT2D eigenvalue weighted by Gasteiger charge is -2.36. The highest BCUT2D eigenvalue weighted by Crippen LogP contribution is 2.33. The minimum absolute atomic E-state index is 0.232. The molecular weight excluding hydrogens is 304 g/mol.